The van der Waals surface area contributed by atoms with E-state index in [2.05, 4.69) is 0 Å². The van der Waals surface area contributed by atoms with Crippen LogP contribution in [0, 0.1) is 0 Å². The zero-order valence-corrected chi connectivity index (χ0v) is 11.5. The lowest BCUT2D eigenvalue weighted by molar-refractivity contribution is -0.124. The molecule has 0 bridgehead atoms. The van der Waals surface area contributed by atoms with Crippen LogP contribution in [0.3, 0.4) is 0 Å². The van der Waals surface area contributed by atoms with Gasteiger partial charge in [0.2, 0.25) is 5.52 Å². The predicted octanol–water partition coefficient (Wildman–Crippen LogP) is 3.86. The molecule has 2 aliphatic carbocycles. The van der Waals surface area contributed by atoms with Gasteiger partial charge in [0.05, 0.1) is 0 Å². The molecule has 0 aromatic rings. The maximum absolute atomic E-state index is 12.0. The first kappa shape index (κ1) is 13.2. The smallest absolute Gasteiger partial charge is 0.216 e. The summed E-state index contributed by atoms with van der Waals surface area (Å²) >= 11 is 0. The van der Waals surface area contributed by atoms with Crippen molar-refractivity contribution in [1.82, 2.24) is 0 Å². The van der Waals surface area contributed by atoms with Gasteiger partial charge in [-0.05, 0) is 44.9 Å². The largest absolute Gasteiger partial charge is 0.294 e. The highest BCUT2D eigenvalue weighted by molar-refractivity contribution is 7.78. The van der Waals surface area contributed by atoms with E-state index in [0.29, 0.717) is 17.6 Å². The first-order valence-corrected chi connectivity index (χ1v) is 8.58. The van der Waals surface area contributed by atoms with Crippen LogP contribution in [0.25, 0.3) is 0 Å². The minimum Gasteiger partial charge on any atom is -0.294 e. The number of hydrogen-bond donors (Lipinski definition) is 0. The van der Waals surface area contributed by atoms with Crippen LogP contribution in [0.5, 0.6) is 0 Å². The molecule has 0 saturated heterocycles. The second kappa shape index (κ2) is 6.64. The van der Waals surface area contributed by atoms with E-state index in [1.54, 1.807) is 0 Å². The third-order valence-corrected chi connectivity index (χ3v) is 7.51. The van der Waals surface area contributed by atoms with Crippen LogP contribution >= 0.6 is 7.92 Å². The molecule has 96 valence electrons. The standard InChI is InChI=1S/C14H23O2P/c15-11-14(16)17(12-7-3-1-4-8-12)13-9-5-2-6-10-13/h11-13H,1-10H2. The number of hydrogen-bond acceptors (Lipinski definition) is 2. The summed E-state index contributed by atoms with van der Waals surface area (Å²) < 4.78 is 0. The van der Waals surface area contributed by atoms with Crippen molar-refractivity contribution in [3.8, 4) is 0 Å². The van der Waals surface area contributed by atoms with Gasteiger partial charge in [0.25, 0.3) is 0 Å². The minimum atomic E-state index is -0.665. The molecular formula is C14H23O2P. The maximum atomic E-state index is 12.0. The molecule has 0 atom stereocenters. The molecule has 0 spiro atoms. The lowest BCUT2D eigenvalue weighted by Crippen LogP contribution is -2.24. The van der Waals surface area contributed by atoms with Crippen molar-refractivity contribution in [3.63, 3.8) is 0 Å². The van der Waals surface area contributed by atoms with Crippen LogP contribution in [0.2, 0.25) is 0 Å². The van der Waals surface area contributed by atoms with Gasteiger partial charge in [-0.1, -0.05) is 38.5 Å². The average molecular weight is 254 g/mol. The SMILES string of the molecule is O=CC(=O)P(C1CCCCC1)C1CCCCC1. The van der Waals surface area contributed by atoms with Crippen LogP contribution in [0.1, 0.15) is 64.2 Å². The molecule has 2 rings (SSSR count). The van der Waals surface area contributed by atoms with E-state index in [4.69, 9.17) is 0 Å². The van der Waals surface area contributed by atoms with Gasteiger partial charge in [0, 0.05) is 0 Å². The Morgan fingerprint density at radius 1 is 0.824 bits per heavy atom. The summed E-state index contributed by atoms with van der Waals surface area (Å²) in [6, 6.07) is 0. The van der Waals surface area contributed by atoms with Gasteiger partial charge in [-0.15, -0.1) is 0 Å². The van der Waals surface area contributed by atoms with Gasteiger partial charge in [-0.3, -0.25) is 9.59 Å². The van der Waals surface area contributed by atoms with Crippen molar-refractivity contribution in [2.75, 3.05) is 0 Å². The topological polar surface area (TPSA) is 34.1 Å². The van der Waals surface area contributed by atoms with Gasteiger partial charge < -0.3 is 0 Å². The summed E-state index contributed by atoms with van der Waals surface area (Å²) in [6.07, 6.45) is 13.1. The van der Waals surface area contributed by atoms with Crippen molar-refractivity contribution in [2.24, 2.45) is 0 Å². The molecule has 17 heavy (non-hydrogen) atoms. The average Bonchev–Trinajstić information content (AvgIpc) is 2.41. The Morgan fingerprint density at radius 3 is 1.59 bits per heavy atom. The van der Waals surface area contributed by atoms with Crippen LogP contribution in [0.4, 0.5) is 0 Å². The van der Waals surface area contributed by atoms with Crippen LogP contribution < -0.4 is 0 Å². The van der Waals surface area contributed by atoms with Crippen molar-refractivity contribution >= 4 is 19.7 Å². The van der Waals surface area contributed by atoms with Crippen molar-refractivity contribution in [2.45, 2.75) is 75.5 Å². The van der Waals surface area contributed by atoms with E-state index >= 15 is 0 Å². The highest BCUT2D eigenvalue weighted by atomic mass is 31.1. The summed E-state index contributed by atoms with van der Waals surface area (Å²) in [4.78, 5) is 22.9. The Labute approximate surface area is 105 Å². The van der Waals surface area contributed by atoms with Crippen molar-refractivity contribution in [1.29, 1.82) is 0 Å². The summed E-state index contributed by atoms with van der Waals surface area (Å²) in [5.41, 5.74) is 1.10. The predicted molar refractivity (Wildman–Crippen MR) is 71.7 cm³/mol. The summed E-state index contributed by atoms with van der Waals surface area (Å²) in [6.45, 7) is 0. The molecule has 0 amide bonds. The van der Waals surface area contributed by atoms with Crippen LogP contribution in [-0.2, 0) is 9.59 Å². The second-order valence-electron chi connectivity index (χ2n) is 5.45. The van der Waals surface area contributed by atoms with Crippen LogP contribution in [0.15, 0.2) is 0 Å². The van der Waals surface area contributed by atoms with E-state index < -0.39 is 7.92 Å². The third kappa shape index (κ3) is 3.37. The van der Waals surface area contributed by atoms with Crippen molar-refractivity contribution in [3.05, 3.63) is 0 Å². The van der Waals surface area contributed by atoms with Gasteiger partial charge in [-0.2, -0.15) is 0 Å². The van der Waals surface area contributed by atoms with Crippen molar-refractivity contribution < 1.29 is 9.59 Å². The summed E-state index contributed by atoms with van der Waals surface area (Å²) in [5.74, 6) is 0. The minimum absolute atomic E-state index is 0.0428. The zero-order chi connectivity index (χ0) is 12.1. The molecule has 0 N–H and O–H groups in total. The normalized spacial score (nSPS) is 23.8. The van der Waals surface area contributed by atoms with Gasteiger partial charge in [-0.25, -0.2) is 0 Å². The Bertz CT molecular complexity index is 247. The first-order valence-electron chi connectivity index (χ1n) is 7.10. The molecule has 0 aliphatic heterocycles. The molecule has 0 aromatic carbocycles. The Hall–Kier alpha value is -0.230. The van der Waals surface area contributed by atoms with E-state index in [9.17, 15) is 9.59 Å². The lowest BCUT2D eigenvalue weighted by Gasteiger charge is -2.36. The number of carbonyl (C=O) groups is 2. The first-order chi connectivity index (χ1) is 8.33. The summed E-state index contributed by atoms with van der Waals surface area (Å²) in [5, 5.41) is 0. The Kier molecular flexibility index (Phi) is 5.16. The maximum Gasteiger partial charge on any atom is 0.216 e. The van der Waals surface area contributed by atoms with Gasteiger partial charge >= 0.3 is 0 Å². The molecule has 0 aromatic heterocycles. The fraction of sp³-hybridized carbons (Fsp3) is 0.857. The fourth-order valence-corrected chi connectivity index (χ4v) is 6.72. The Balaban J connectivity index is 2.05. The molecular weight excluding hydrogens is 231 g/mol. The molecule has 2 nitrogen and oxygen atoms in total. The van der Waals surface area contributed by atoms with E-state index in [-0.39, 0.29) is 5.52 Å². The number of aldehydes is 1. The molecule has 0 unspecified atom stereocenters. The molecule has 0 heterocycles. The van der Waals surface area contributed by atoms with E-state index in [1.165, 1.54) is 64.2 Å². The highest BCUT2D eigenvalue weighted by Crippen LogP contribution is 2.55. The quantitative estimate of drug-likeness (QED) is 0.433. The highest BCUT2D eigenvalue weighted by Gasteiger charge is 2.35. The van der Waals surface area contributed by atoms with Gasteiger partial charge in [0.15, 0.2) is 6.29 Å². The molecule has 2 aliphatic rings. The zero-order valence-electron chi connectivity index (χ0n) is 10.6. The molecule has 0 radical (unpaired) electrons. The second-order valence-corrected chi connectivity index (χ2v) is 8.16. The molecule has 2 saturated carbocycles. The number of rotatable bonds is 4. The van der Waals surface area contributed by atoms with E-state index in [0.717, 1.165) is 0 Å². The van der Waals surface area contributed by atoms with E-state index in [1.807, 2.05) is 0 Å². The third-order valence-electron chi connectivity index (χ3n) is 4.29. The monoisotopic (exact) mass is 254 g/mol. The Morgan fingerprint density at radius 2 is 1.24 bits per heavy atom. The van der Waals surface area contributed by atoms with Gasteiger partial charge in [0.1, 0.15) is 0 Å². The summed E-state index contributed by atoms with van der Waals surface area (Å²) in [7, 11) is -0.665. The fourth-order valence-electron chi connectivity index (χ4n) is 3.44. The lowest BCUT2D eigenvalue weighted by atomic mass is 9.99. The molecule has 3 heteroatoms. The number of carbonyl (C=O) groups excluding carboxylic acids is 2. The molecule has 2 fully saturated rings. The van der Waals surface area contributed by atoms with Crippen LogP contribution in [-0.4, -0.2) is 23.1 Å².